The maximum Gasteiger partial charge on any atom is 0.264 e. The average Bonchev–Trinajstić information content (AvgIpc) is 2.41. The third-order valence-corrected chi connectivity index (χ3v) is 4.04. The molecule has 106 valence electrons. The second kappa shape index (κ2) is 6.17. The molecule has 0 aliphatic heterocycles. The van der Waals surface area contributed by atoms with Crippen molar-refractivity contribution in [2.75, 3.05) is 11.3 Å². The summed E-state index contributed by atoms with van der Waals surface area (Å²) in [4.78, 5) is 7.20. The van der Waals surface area contributed by atoms with E-state index in [4.69, 9.17) is 16.7 Å². The minimum absolute atomic E-state index is 0.0164. The molecule has 2 rings (SSSR count). The minimum atomic E-state index is -3.74. The summed E-state index contributed by atoms with van der Waals surface area (Å²) in [5.74, 6) is 0. The van der Waals surface area contributed by atoms with E-state index in [1.807, 2.05) is 0 Å². The third kappa shape index (κ3) is 3.66. The standard InChI is InChI=1S/C12H12ClN3O3S/c13-12-14-7-11(8-15-12)20(18,19)16-10-3-1-9(2-4-10)5-6-17/h1-4,7-8,16-17H,5-6H2. The fourth-order valence-corrected chi connectivity index (χ4v) is 2.57. The monoisotopic (exact) mass is 313 g/mol. The van der Waals surface area contributed by atoms with Crippen LogP contribution in [0.2, 0.25) is 5.28 Å². The van der Waals surface area contributed by atoms with Crippen LogP contribution in [0.1, 0.15) is 5.56 Å². The van der Waals surface area contributed by atoms with Crippen LogP contribution in [0, 0.1) is 0 Å². The number of sulfonamides is 1. The summed E-state index contributed by atoms with van der Waals surface area (Å²) in [5.41, 5.74) is 1.34. The van der Waals surface area contributed by atoms with Gasteiger partial charge in [-0.25, -0.2) is 18.4 Å². The van der Waals surface area contributed by atoms with Gasteiger partial charge in [0.05, 0.1) is 12.4 Å². The van der Waals surface area contributed by atoms with Gasteiger partial charge in [-0.3, -0.25) is 4.72 Å². The molecule has 0 bridgehead atoms. The predicted octanol–water partition coefficient (Wildman–Crippen LogP) is 1.47. The Labute approximate surface area is 121 Å². The van der Waals surface area contributed by atoms with E-state index in [0.29, 0.717) is 12.1 Å². The van der Waals surface area contributed by atoms with Gasteiger partial charge in [0.1, 0.15) is 4.90 Å². The summed E-state index contributed by atoms with van der Waals surface area (Å²) in [6.07, 6.45) is 2.80. The van der Waals surface area contributed by atoms with Crippen molar-refractivity contribution in [3.05, 3.63) is 47.5 Å². The van der Waals surface area contributed by atoms with Crippen molar-refractivity contribution in [3.63, 3.8) is 0 Å². The van der Waals surface area contributed by atoms with Crippen molar-refractivity contribution >= 4 is 27.3 Å². The molecular formula is C12H12ClN3O3S. The van der Waals surface area contributed by atoms with E-state index < -0.39 is 10.0 Å². The Morgan fingerprint density at radius 1 is 1.15 bits per heavy atom. The topological polar surface area (TPSA) is 92.2 Å². The molecule has 0 aliphatic carbocycles. The van der Waals surface area contributed by atoms with Crippen molar-refractivity contribution in [1.82, 2.24) is 9.97 Å². The van der Waals surface area contributed by atoms with E-state index in [-0.39, 0.29) is 16.8 Å². The minimum Gasteiger partial charge on any atom is -0.396 e. The number of benzene rings is 1. The van der Waals surface area contributed by atoms with E-state index >= 15 is 0 Å². The molecule has 0 saturated carbocycles. The molecule has 2 aromatic rings. The summed E-state index contributed by atoms with van der Waals surface area (Å²) in [7, 11) is -3.74. The number of aliphatic hydroxyl groups excluding tert-OH is 1. The molecule has 1 aromatic heterocycles. The summed E-state index contributed by atoms with van der Waals surface area (Å²) in [6, 6.07) is 6.73. The SMILES string of the molecule is O=S(=O)(Nc1ccc(CCO)cc1)c1cnc(Cl)nc1. The van der Waals surface area contributed by atoms with E-state index in [1.54, 1.807) is 24.3 Å². The largest absolute Gasteiger partial charge is 0.396 e. The first kappa shape index (κ1) is 14.7. The average molecular weight is 314 g/mol. The highest BCUT2D eigenvalue weighted by Crippen LogP contribution is 2.16. The van der Waals surface area contributed by atoms with Gasteiger partial charge in [-0.2, -0.15) is 0 Å². The van der Waals surface area contributed by atoms with Gasteiger partial charge in [-0.15, -0.1) is 0 Å². The third-order valence-electron chi connectivity index (χ3n) is 2.51. The van der Waals surface area contributed by atoms with Gasteiger partial charge in [0, 0.05) is 12.3 Å². The lowest BCUT2D eigenvalue weighted by Gasteiger charge is -2.08. The first-order chi connectivity index (χ1) is 9.51. The Hall–Kier alpha value is -1.70. The van der Waals surface area contributed by atoms with Crippen molar-refractivity contribution in [2.45, 2.75) is 11.3 Å². The molecule has 0 amide bonds. The quantitative estimate of drug-likeness (QED) is 0.815. The highest BCUT2D eigenvalue weighted by molar-refractivity contribution is 7.92. The summed E-state index contributed by atoms with van der Waals surface area (Å²) in [6.45, 7) is 0.0488. The summed E-state index contributed by atoms with van der Waals surface area (Å²) >= 11 is 5.51. The van der Waals surface area contributed by atoms with E-state index in [9.17, 15) is 8.42 Å². The molecule has 6 nitrogen and oxygen atoms in total. The Bertz CT molecular complexity index is 672. The highest BCUT2D eigenvalue weighted by atomic mass is 35.5. The lowest BCUT2D eigenvalue weighted by atomic mass is 10.1. The maximum absolute atomic E-state index is 12.0. The lowest BCUT2D eigenvalue weighted by Crippen LogP contribution is -2.13. The summed E-state index contributed by atoms with van der Waals surface area (Å²) in [5, 5.41) is 8.79. The number of halogens is 1. The Morgan fingerprint density at radius 3 is 2.30 bits per heavy atom. The fourth-order valence-electron chi connectivity index (χ4n) is 1.52. The number of hydrogen-bond acceptors (Lipinski definition) is 5. The van der Waals surface area contributed by atoms with Crippen molar-refractivity contribution in [1.29, 1.82) is 0 Å². The molecule has 2 N–H and O–H groups in total. The molecule has 0 radical (unpaired) electrons. The van der Waals surface area contributed by atoms with E-state index in [1.165, 1.54) is 0 Å². The summed E-state index contributed by atoms with van der Waals surface area (Å²) < 4.78 is 26.5. The molecule has 1 heterocycles. The molecule has 0 atom stereocenters. The van der Waals surface area contributed by atoms with Crippen molar-refractivity contribution < 1.29 is 13.5 Å². The second-order valence-electron chi connectivity index (χ2n) is 3.96. The molecule has 0 saturated heterocycles. The zero-order valence-corrected chi connectivity index (χ0v) is 11.9. The number of aliphatic hydroxyl groups is 1. The Balaban J connectivity index is 2.17. The fraction of sp³-hybridized carbons (Fsp3) is 0.167. The van der Waals surface area contributed by atoms with Crippen LogP contribution in [-0.2, 0) is 16.4 Å². The first-order valence-corrected chi connectivity index (χ1v) is 7.57. The van der Waals surface area contributed by atoms with Crippen molar-refractivity contribution in [2.24, 2.45) is 0 Å². The second-order valence-corrected chi connectivity index (χ2v) is 5.98. The normalized spacial score (nSPS) is 11.3. The highest BCUT2D eigenvalue weighted by Gasteiger charge is 2.15. The molecule has 20 heavy (non-hydrogen) atoms. The number of nitrogens with one attached hydrogen (secondary N) is 1. The number of nitrogens with zero attached hydrogens (tertiary/aromatic N) is 2. The molecule has 0 spiro atoms. The Kier molecular flexibility index (Phi) is 4.53. The van der Waals surface area contributed by atoms with Gasteiger partial charge in [0.2, 0.25) is 5.28 Å². The molecule has 1 aromatic carbocycles. The molecular weight excluding hydrogens is 302 g/mol. The van der Waals surface area contributed by atoms with Gasteiger partial charge >= 0.3 is 0 Å². The number of hydrogen-bond donors (Lipinski definition) is 2. The van der Waals surface area contributed by atoms with Crippen LogP contribution in [0.4, 0.5) is 5.69 Å². The van der Waals surface area contributed by atoms with Crippen LogP contribution in [0.15, 0.2) is 41.6 Å². The smallest absolute Gasteiger partial charge is 0.264 e. The molecule has 0 aliphatic rings. The van der Waals surface area contributed by atoms with E-state index in [2.05, 4.69) is 14.7 Å². The molecule has 8 heteroatoms. The van der Waals surface area contributed by atoms with Crippen LogP contribution in [0.3, 0.4) is 0 Å². The predicted molar refractivity (Wildman–Crippen MR) is 75.1 cm³/mol. The van der Waals surface area contributed by atoms with Crippen LogP contribution in [-0.4, -0.2) is 30.1 Å². The van der Waals surface area contributed by atoms with Crippen LogP contribution >= 0.6 is 11.6 Å². The van der Waals surface area contributed by atoms with Gasteiger partial charge in [0.15, 0.2) is 0 Å². The van der Waals surface area contributed by atoms with Gasteiger partial charge < -0.3 is 5.11 Å². The first-order valence-electron chi connectivity index (χ1n) is 5.71. The van der Waals surface area contributed by atoms with Gasteiger partial charge in [0.25, 0.3) is 10.0 Å². The van der Waals surface area contributed by atoms with Crippen LogP contribution in [0.25, 0.3) is 0 Å². The van der Waals surface area contributed by atoms with Crippen LogP contribution < -0.4 is 4.72 Å². The number of rotatable bonds is 5. The number of aromatic nitrogens is 2. The van der Waals surface area contributed by atoms with E-state index in [0.717, 1.165) is 18.0 Å². The molecule has 0 fully saturated rings. The lowest BCUT2D eigenvalue weighted by molar-refractivity contribution is 0.299. The maximum atomic E-state index is 12.0. The van der Waals surface area contributed by atoms with Gasteiger partial charge in [-0.1, -0.05) is 12.1 Å². The zero-order chi connectivity index (χ0) is 14.6. The molecule has 0 unspecified atom stereocenters. The Morgan fingerprint density at radius 2 is 1.75 bits per heavy atom. The van der Waals surface area contributed by atoms with Crippen LogP contribution in [0.5, 0.6) is 0 Å². The van der Waals surface area contributed by atoms with Gasteiger partial charge in [-0.05, 0) is 35.7 Å². The number of anilines is 1. The zero-order valence-electron chi connectivity index (χ0n) is 10.3. The van der Waals surface area contributed by atoms with Crippen molar-refractivity contribution in [3.8, 4) is 0 Å².